The first-order chi connectivity index (χ1) is 9.50. The third-order valence-corrected chi connectivity index (χ3v) is 2.56. The molecule has 0 heterocycles. The van der Waals surface area contributed by atoms with Crippen LogP contribution in [0.1, 0.15) is 34.1 Å². The van der Waals surface area contributed by atoms with Crippen LogP contribution in [0.3, 0.4) is 0 Å². The molecule has 0 aromatic heterocycles. The quantitative estimate of drug-likeness (QED) is 0.336. The fraction of sp³-hybridized carbons (Fsp3) is 0.467. The molecule has 21 heavy (non-hydrogen) atoms. The smallest absolute Gasteiger partial charge is 0 e. The van der Waals surface area contributed by atoms with Crippen molar-refractivity contribution >= 4 is 5.97 Å². The third-order valence-electron chi connectivity index (χ3n) is 2.56. The van der Waals surface area contributed by atoms with Gasteiger partial charge in [0, 0.05) is 24.0 Å². The Morgan fingerprint density at radius 1 is 1.24 bits per heavy atom. The summed E-state index contributed by atoms with van der Waals surface area (Å²) in [6.45, 7) is 21.3. The molecule has 0 spiro atoms. The van der Waals surface area contributed by atoms with Crippen LogP contribution in [0.4, 0.5) is 0 Å². The Morgan fingerprint density at radius 2 is 1.67 bits per heavy atom. The molecule has 0 aromatic rings. The molecule has 0 saturated carbocycles. The van der Waals surface area contributed by atoms with Gasteiger partial charge >= 0.3 is 39.9 Å². The van der Waals surface area contributed by atoms with Crippen LogP contribution in [0, 0.1) is 31.8 Å². The molecule has 0 radical (unpaired) electrons. The van der Waals surface area contributed by atoms with Crippen LogP contribution in [0.2, 0.25) is 0 Å². The minimum atomic E-state index is -0.242. The Morgan fingerprint density at radius 3 is 2.00 bits per heavy atom. The third kappa shape index (κ3) is 13.4. The van der Waals surface area contributed by atoms with E-state index in [-0.39, 0.29) is 23.0 Å². The zero-order valence-corrected chi connectivity index (χ0v) is 13.5. The molecule has 1 aliphatic carbocycles. The average Bonchev–Trinajstić information content (AvgIpc) is 2.47. The van der Waals surface area contributed by atoms with Crippen molar-refractivity contribution in [2.45, 2.75) is 34.1 Å². The Hall–Kier alpha value is -1.31. The second kappa shape index (κ2) is 18.7. The minimum Gasteiger partial charge on any atom is 0 e. The van der Waals surface area contributed by atoms with Gasteiger partial charge < -0.3 is 4.74 Å². The number of hydrogen-bond acceptors (Lipinski definition) is 2. The predicted molar refractivity (Wildman–Crippen MR) is 68.3 cm³/mol. The number of carbonyl (C=O) groups is 1. The van der Waals surface area contributed by atoms with Gasteiger partial charge in [-0.15, -0.1) is 0 Å². The zero-order chi connectivity index (χ0) is 16.7. The molecule has 0 bridgehead atoms. The average molecular weight is 334 g/mol. The van der Waals surface area contributed by atoms with E-state index in [9.17, 15) is 4.79 Å². The molecule has 1 atom stereocenters. The predicted octanol–water partition coefficient (Wildman–Crippen LogP) is 2.94. The van der Waals surface area contributed by atoms with Gasteiger partial charge in [0.25, 0.3) is 0 Å². The molecule has 0 aliphatic heterocycles. The molecule has 0 amide bonds. The van der Waals surface area contributed by atoms with Crippen molar-refractivity contribution in [2.75, 3.05) is 0 Å². The van der Waals surface area contributed by atoms with Gasteiger partial charge in [-0.25, -0.2) is 0 Å². The van der Waals surface area contributed by atoms with Crippen molar-refractivity contribution in [3.8, 4) is 0 Å². The monoisotopic (exact) mass is 334 g/mol. The van der Waals surface area contributed by atoms with Crippen molar-refractivity contribution in [1.29, 1.82) is 0 Å². The van der Waals surface area contributed by atoms with Crippen molar-refractivity contribution in [3.05, 3.63) is 43.4 Å². The number of carbonyl (C=O) groups excluding carboxylic acids is 1. The molecule has 1 rings (SSSR count). The first-order valence-corrected chi connectivity index (χ1v) is 5.69. The SMILES string of the molecule is CC(=O)OC1=C[C@H](C(C)C)CC=C1C.[C-]#[O+].[C-]#[O+].[C-]#[O+].[Fe]. The Balaban J connectivity index is -0.000000183. The van der Waals surface area contributed by atoms with E-state index in [1.807, 2.05) is 6.92 Å². The summed E-state index contributed by atoms with van der Waals surface area (Å²) < 4.78 is 27.6. The van der Waals surface area contributed by atoms with Crippen LogP contribution in [0.5, 0.6) is 0 Å². The van der Waals surface area contributed by atoms with E-state index in [1.54, 1.807) is 0 Å². The minimum absolute atomic E-state index is 0. The van der Waals surface area contributed by atoms with Crippen LogP contribution < -0.4 is 0 Å². The molecule has 116 valence electrons. The normalized spacial score (nSPS) is 14.7. The molecular weight excluding hydrogens is 316 g/mol. The van der Waals surface area contributed by atoms with Crippen LogP contribution >= 0.6 is 0 Å². The largest absolute Gasteiger partial charge is 0 e. The summed E-state index contributed by atoms with van der Waals surface area (Å²) in [4.78, 5) is 10.8. The summed E-state index contributed by atoms with van der Waals surface area (Å²) in [6, 6.07) is 0. The second-order valence-corrected chi connectivity index (χ2v) is 4.16. The van der Waals surface area contributed by atoms with Gasteiger partial charge in [-0.05, 0) is 36.8 Å². The summed E-state index contributed by atoms with van der Waals surface area (Å²) in [5, 5.41) is 0. The number of esters is 1. The van der Waals surface area contributed by atoms with Crippen LogP contribution in [0.15, 0.2) is 23.5 Å². The van der Waals surface area contributed by atoms with Crippen molar-refractivity contribution in [3.63, 3.8) is 0 Å². The van der Waals surface area contributed by atoms with Gasteiger partial charge in [0.15, 0.2) is 0 Å². The molecule has 6 heteroatoms. The van der Waals surface area contributed by atoms with E-state index in [2.05, 4.69) is 46.0 Å². The van der Waals surface area contributed by atoms with Gasteiger partial charge in [-0.1, -0.05) is 19.9 Å². The first-order valence-electron chi connectivity index (χ1n) is 5.69. The molecule has 0 aromatic carbocycles. The number of rotatable bonds is 2. The molecular formula is C15H18FeO5. The summed E-state index contributed by atoms with van der Waals surface area (Å²) in [5.41, 5.74) is 1.07. The Labute approximate surface area is 136 Å². The maximum atomic E-state index is 10.8. The number of allylic oxidation sites excluding steroid dienone is 3. The molecule has 1 aliphatic rings. The van der Waals surface area contributed by atoms with Crippen LogP contribution in [0.25, 0.3) is 0 Å². The number of hydrogen-bond donors (Lipinski definition) is 0. The van der Waals surface area contributed by atoms with E-state index in [0.717, 1.165) is 17.8 Å². The van der Waals surface area contributed by atoms with E-state index >= 15 is 0 Å². The van der Waals surface area contributed by atoms with Gasteiger partial charge in [-0.2, -0.15) is 0 Å². The first kappa shape index (κ1) is 27.9. The molecule has 0 saturated heterocycles. The molecule has 0 N–H and O–H groups in total. The topological polar surface area (TPSA) is 86.0 Å². The standard InChI is InChI=1S/C12H18O2.3CO.Fe/c1-8(2)11-6-5-9(3)12(7-11)14-10(4)13;3*1-2;/h5,7-8,11H,6H2,1-4H3;;;;/t11-;;;;/m1..../s1. The number of ether oxygens (including phenoxy) is 1. The molecule has 0 fully saturated rings. The maximum absolute atomic E-state index is 10.8. The molecule has 0 unspecified atom stereocenters. The van der Waals surface area contributed by atoms with Gasteiger partial charge in [0.2, 0.25) is 0 Å². The van der Waals surface area contributed by atoms with Crippen molar-refractivity contribution in [2.24, 2.45) is 11.8 Å². The Kier molecular flexibility index (Phi) is 24.9. The zero-order valence-electron chi connectivity index (χ0n) is 12.4. The van der Waals surface area contributed by atoms with Crippen LogP contribution in [-0.4, -0.2) is 5.97 Å². The van der Waals surface area contributed by atoms with Crippen LogP contribution in [-0.2, 0) is 40.6 Å². The summed E-state index contributed by atoms with van der Waals surface area (Å²) in [5.74, 6) is 1.58. The van der Waals surface area contributed by atoms with E-state index in [1.165, 1.54) is 6.92 Å². The summed E-state index contributed by atoms with van der Waals surface area (Å²) in [6.07, 6.45) is 5.26. The van der Waals surface area contributed by atoms with E-state index in [4.69, 9.17) is 18.7 Å². The Bertz CT molecular complexity index is 388. The van der Waals surface area contributed by atoms with Gasteiger partial charge in [0.05, 0.1) is 0 Å². The summed E-state index contributed by atoms with van der Waals surface area (Å²) >= 11 is 0. The van der Waals surface area contributed by atoms with E-state index in [0.29, 0.717) is 11.8 Å². The fourth-order valence-corrected chi connectivity index (χ4v) is 1.54. The molecule has 5 nitrogen and oxygen atoms in total. The van der Waals surface area contributed by atoms with E-state index < -0.39 is 0 Å². The maximum Gasteiger partial charge on any atom is 0 e. The van der Waals surface area contributed by atoms with Gasteiger partial charge in [-0.3, -0.25) is 4.79 Å². The summed E-state index contributed by atoms with van der Waals surface area (Å²) in [7, 11) is 0. The van der Waals surface area contributed by atoms with Crippen molar-refractivity contribution in [1.82, 2.24) is 0 Å². The fourth-order valence-electron chi connectivity index (χ4n) is 1.54. The second-order valence-electron chi connectivity index (χ2n) is 4.16. The van der Waals surface area contributed by atoms with Gasteiger partial charge in [0.1, 0.15) is 5.76 Å². The van der Waals surface area contributed by atoms with Crippen molar-refractivity contribution < 1.29 is 40.6 Å².